The molecule has 0 aliphatic rings. The Hall–Kier alpha value is -2.49. The van der Waals surface area contributed by atoms with Crippen LogP contribution in [0.3, 0.4) is 0 Å². The normalized spacial score (nSPS) is 10.5. The molecule has 2 aromatic rings. The van der Waals surface area contributed by atoms with Gasteiger partial charge in [-0.1, -0.05) is 32.9 Å². The van der Waals surface area contributed by atoms with Gasteiger partial charge in [0, 0.05) is 5.56 Å². The van der Waals surface area contributed by atoms with Crippen molar-refractivity contribution >= 4 is 11.6 Å². The van der Waals surface area contributed by atoms with E-state index >= 15 is 0 Å². The zero-order chi connectivity index (χ0) is 17.4. The predicted octanol–water partition coefficient (Wildman–Crippen LogP) is 4.76. The number of nitrogens with one attached hydrogen (secondary N) is 1. The fourth-order valence-corrected chi connectivity index (χ4v) is 2.07. The molecule has 24 heavy (non-hydrogen) atoms. The second-order valence-corrected chi connectivity index (χ2v) is 6.03. The third-order valence-corrected chi connectivity index (χ3v) is 3.30. The highest BCUT2D eigenvalue weighted by Gasteiger charge is 2.10. The van der Waals surface area contributed by atoms with Crippen LogP contribution >= 0.6 is 0 Å². The average molecular weight is 327 g/mol. The molecular weight excluding hydrogens is 302 g/mol. The Kier molecular flexibility index (Phi) is 6.67. The van der Waals surface area contributed by atoms with Crippen molar-refractivity contribution in [3.05, 3.63) is 54.1 Å². The Bertz CT molecular complexity index is 650. The minimum absolute atomic E-state index is 0.169. The second-order valence-electron chi connectivity index (χ2n) is 6.03. The van der Waals surface area contributed by atoms with Gasteiger partial charge in [-0.15, -0.1) is 0 Å². The lowest BCUT2D eigenvalue weighted by atomic mass is 10.2. The maximum absolute atomic E-state index is 12.4. The lowest BCUT2D eigenvalue weighted by Crippen LogP contribution is -2.13. The van der Waals surface area contributed by atoms with Gasteiger partial charge in [0.05, 0.1) is 18.9 Å². The second kappa shape index (κ2) is 8.96. The van der Waals surface area contributed by atoms with Crippen LogP contribution in [0.2, 0.25) is 0 Å². The van der Waals surface area contributed by atoms with Gasteiger partial charge in [0.25, 0.3) is 5.91 Å². The molecule has 4 heteroatoms. The molecule has 1 N–H and O–H groups in total. The first-order valence-electron chi connectivity index (χ1n) is 8.36. The molecule has 4 nitrogen and oxygen atoms in total. The van der Waals surface area contributed by atoms with Gasteiger partial charge in [-0.05, 0) is 48.7 Å². The first-order valence-corrected chi connectivity index (χ1v) is 8.36. The molecule has 0 radical (unpaired) electrons. The van der Waals surface area contributed by atoms with E-state index in [0.717, 1.165) is 12.2 Å². The van der Waals surface area contributed by atoms with E-state index in [2.05, 4.69) is 26.1 Å². The lowest BCUT2D eigenvalue weighted by Gasteiger charge is -2.14. The molecule has 0 unspecified atom stereocenters. The van der Waals surface area contributed by atoms with Gasteiger partial charge in [-0.25, -0.2) is 0 Å². The SMILES string of the molecule is CCCOc1ccc(C(=O)Nc2ccccc2OCC(C)C)cc1. The first kappa shape index (κ1) is 17.9. The summed E-state index contributed by atoms with van der Waals surface area (Å²) < 4.78 is 11.3. The summed E-state index contributed by atoms with van der Waals surface area (Å²) in [5, 5.41) is 2.91. The molecule has 0 fully saturated rings. The van der Waals surface area contributed by atoms with Crippen LogP contribution in [0.1, 0.15) is 37.6 Å². The molecule has 128 valence electrons. The van der Waals surface area contributed by atoms with Gasteiger partial charge in [-0.2, -0.15) is 0 Å². The summed E-state index contributed by atoms with van der Waals surface area (Å²) in [6.07, 6.45) is 0.954. The summed E-state index contributed by atoms with van der Waals surface area (Å²) >= 11 is 0. The van der Waals surface area contributed by atoms with E-state index < -0.39 is 0 Å². The van der Waals surface area contributed by atoms with Crippen molar-refractivity contribution in [3.8, 4) is 11.5 Å². The van der Waals surface area contributed by atoms with Crippen molar-refractivity contribution in [1.82, 2.24) is 0 Å². The number of hydrogen-bond acceptors (Lipinski definition) is 3. The topological polar surface area (TPSA) is 47.6 Å². The van der Waals surface area contributed by atoms with Crippen molar-refractivity contribution < 1.29 is 14.3 Å². The molecule has 0 spiro atoms. The summed E-state index contributed by atoms with van der Waals surface area (Å²) in [5.74, 6) is 1.71. The predicted molar refractivity (Wildman–Crippen MR) is 97.0 cm³/mol. The molecule has 0 aromatic heterocycles. The average Bonchev–Trinajstić information content (AvgIpc) is 2.59. The Morgan fingerprint density at radius 3 is 2.42 bits per heavy atom. The van der Waals surface area contributed by atoms with Gasteiger partial charge in [0.1, 0.15) is 11.5 Å². The van der Waals surface area contributed by atoms with Crippen molar-refractivity contribution in [2.75, 3.05) is 18.5 Å². The molecule has 0 saturated carbocycles. The maximum Gasteiger partial charge on any atom is 0.255 e. The van der Waals surface area contributed by atoms with Crippen molar-refractivity contribution in [2.45, 2.75) is 27.2 Å². The summed E-state index contributed by atoms with van der Waals surface area (Å²) in [5.41, 5.74) is 1.26. The number of carbonyl (C=O) groups is 1. The number of benzene rings is 2. The zero-order valence-electron chi connectivity index (χ0n) is 14.5. The largest absolute Gasteiger partial charge is 0.494 e. The van der Waals surface area contributed by atoms with Crippen LogP contribution in [0.15, 0.2) is 48.5 Å². The molecule has 2 aromatic carbocycles. The summed E-state index contributed by atoms with van der Waals surface area (Å²) in [7, 11) is 0. The minimum atomic E-state index is -0.169. The van der Waals surface area contributed by atoms with E-state index in [1.54, 1.807) is 12.1 Å². The molecular formula is C20H25NO3. The van der Waals surface area contributed by atoms with Crippen LogP contribution in [0.25, 0.3) is 0 Å². The number of para-hydroxylation sites is 2. The molecule has 1 amide bonds. The number of amides is 1. The Balaban J connectivity index is 2.04. The molecule has 0 atom stereocenters. The first-order chi connectivity index (χ1) is 11.6. The molecule has 0 bridgehead atoms. The molecule has 2 rings (SSSR count). The van der Waals surface area contributed by atoms with E-state index in [-0.39, 0.29) is 5.91 Å². The summed E-state index contributed by atoms with van der Waals surface area (Å²) in [6.45, 7) is 7.51. The maximum atomic E-state index is 12.4. The standard InChI is InChI=1S/C20H25NO3/c1-4-13-23-17-11-9-16(10-12-17)20(22)21-18-7-5-6-8-19(18)24-14-15(2)3/h5-12,15H,4,13-14H2,1-3H3,(H,21,22). The quantitative estimate of drug-likeness (QED) is 0.760. The Morgan fingerprint density at radius 2 is 1.75 bits per heavy atom. The van der Waals surface area contributed by atoms with Gasteiger partial charge >= 0.3 is 0 Å². The Labute approximate surface area is 143 Å². The monoisotopic (exact) mass is 327 g/mol. The molecule has 0 aliphatic carbocycles. The van der Waals surface area contributed by atoms with Crippen molar-refractivity contribution in [1.29, 1.82) is 0 Å². The molecule has 0 aliphatic heterocycles. The van der Waals surface area contributed by atoms with Crippen molar-refractivity contribution in [3.63, 3.8) is 0 Å². The molecule has 0 saturated heterocycles. The molecule has 0 heterocycles. The number of rotatable bonds is 8. The number of carbonyl (C=O) groups excluding carboxylic acids is 1. The van der Waals surface area contributed by atoms with Crippen LogP contribution in [0.5, 0.6) is 11.5 Å². The van der Waals surface area contributed by atoms with Gasteiger partial charge in [-0.3, -0.25) is 4.79 Å². The zero-order valence-corrected chi connectivity index (χ0v) is 14.5. The fourth-order valence-electron chi connectivity index (χ4n) is 2.07. The van der Waals surface area contributed by atoms with Gasteiger partial charge < -0.3 is 14.8 Å². The fraction of sp³-hybridized carbons (Fsp3) is 0.350. The third-order valence-electron chi connectivity index (χ3n) is 3.30. The minimum Gasteiger partial charge on any atom is -0.494 e. The van der Waals surface area contributed by atoms with Crippen LogP contribution < -0.4 is 14.8 Å². The van der Waals surface area contributed by atoms with Gasteiger partial charge in [0.15, 0.2) is 0 Å². The van der Waals surface area contributed by atoms with Crippen LogP contribution in [-0.4, -0.2) is 19.1 Å². The number of hydrogen-bond donors (Lipinski definition) is 1. The van der Waals surface area contributed by atoms with E-state index in [9.17, 15) is 4.79 Å². The van der Waals surface area contributed by atoms with E-state index in [0.29, 0.717) is 36.1 Å². The summed E-state index contributed by atoms with van der Waals surface area (Å²) in [6, 6.07) is 14.6. The van der Waals surface area contributed by atoms with Crippen LogP contribution in [-0.2, 0) is 0 Å². The smallest absolute Gasteiger partial charge is 0.255 e. The van der Waals surface area contributed by atoms with Crippen LogP contribution in [0, 0.1) is 5.92 Å². The highest BCUT2D eigenvalue weighted by molar-refractivity contribution is 6.05. The van der Waals surface area contributed by atoms with E-state index in [1.165, 1.54) is 0 Å². The Morgan fingerprint density at radius 1 is 1.04 bits per heavy atom. The third kappa shape index (κ3) is 5.30. The van der Waals surface area contributed by atoms with Gasteiger partial charge in [0.2, 0.25) is 0 Å². The summed E-state index contributed by atoms with van der Waals surface area (Å²) in [4.78, 5) is 12.4. The lowest BCUT2D eigenvalue weighted by molar-refractivity contribution is 0.102. The highest BCUT2D eigenvalue weighted by atomic mass is 16.5. The highest BCUT2D eigenvalue weighted by Crippen LogP contribution is 2.25. The van der Waals surface area contributed by atoms with Crippen LogP contribution in [0.4, 0.5) is 5.69 Å². The number of ether oxygens (including phenoxy) is 2. The van der Waals surface area contributed by atoms with Crippen molar-refractivity contribution in [2.24, 2.45) is 5.92 Å². The van der Waals surface area contributed by atoms with E-state index in [4.69, 9.17) is 9.47 Å². The van der Waals surface area contributed by atoms with E-state index in [1.807, 2.05) is 36.4 Å². The number of anilines is 1.